The van der Waals surface area contributed by atoms with Crippen molar-refractivity contribution in [2.24, 2.45) is 5.16 Å². The van der Waals surface area contributed by atoms with Gasteiger partial charge < -0.3 is 15.9 Å². The number of amidine groups is 1. The van der Waals surface area contributed by atoms with E-state index in [4.69, 9.17) is 16.0 Å². The number of hydrogen-bond donors (Lipinski definition) is 3. The van der Waals surface area contributed by atoms with E-state index in [1.807, 2.05) is 5.01 Å². The molecule has 0 spiro atoms. The van der Waals surface area contributed by atoms with Gasteiger partial charge in [-0.1, -0.05) is 17.8 Å². The number of nitrogens with two attached hydrogens (primary N) is 1. The number of nitrogen functional groups attached to an aromatic ring is 1. The summed E-state index contributed by atoms with van der Waals surface area (Å²) in [5.74, 6) is 0.773. The van der Waals surface area contributed by atoms with E-state index in [1.54, 1.807) is 29.4 Å². The standard InChI is InChI=1S/C14H21N7O/c1-2-10-22-19-14(12-4-3-5-18-13(12)16)21(11-15)20-8-6-17-7-9-20/h2-5,11,15,17H,1,6-10H2,(H2,16,18). The van der Waals surface area contributed by atoms with Gasteiger partial charge in [-0.15, -0.1) is 0 Å². The predicted octanol–water partition coefficient (Wildman–Crippen LogP) is 0.257. The van der Waals surface area contributed by atoms with Crippen LogP contribution >= 0.6 is 0 Å². The largest absolute Gasteiger partial charge is 0.390 e. The van der Waals surface area contributed by atoms with E-state index in [1.165, 1.54) is 6.34 Å². The van der Waals surface area contributed by atoms with Crippen molar-refractivity contribution < 1.29 is 4.84 Å². The highest BCUT2D eigenvalue weighted by molar-refractivity contribution is 6.06. The number of hydrogen-bond acceptors (Lipinski definition) is 7. The first kappa shape index (κ1) is 15.9. The average Bonchev–Trinajstić information content (AvgIpc) is 2.56. The van der Waals surface area contributed by atoms with E-state index in [2.05, 4.69) is 22.0 Å². The van der Waals surface area contributed by atoms with Crippen LogP contribution in [0.3, 0.4) is 0 Å². The highest BCUT2D eigenvalue weighted by Crippen LogP contribution is 2.14. The summed E-state index contributed by atoms with van der Waals surface area (Å²) in [7, 11) is 0. The molecule has 0 aliphatic carbocycles. The molecule has 1 fully saturated rings. The molecule has 2 rings (SSSR count). The van der Waals surface area contributed by atoms with Gasteiger partial charge in [-0.25, -0.2) is 15.0 Å². The van der Waals surface area contributed by atoms with Crippen molar-refractivity contribution in [1.29, 1.82) is 5.41 Å². The molecule has 1 aliphatic heterocycles. The Hall–Kier alpha value is -2.45. The summed E-state index contributed by atoms with van der Waals surface area (Å²) in [6, 6.07) is 3.58. The van der Waals surface area contributed by atoms with Gasteiger partial charge in [0.25, 0.3) is 0 Å². The zero-order valence-electron chi connectivity index (χ0n) is 12.4. The number of oxime groups is 1. The Morgan fingerprint density at radius 3 is 3.00 bits per heavy atom. The number of piperazine rings is 1. The summed E-state index contributed by atoms with van der Waals surface area (Å²) in [4.78, 5) is 9.31. The summed E-state index contributed by atoms with van der Waals surface area (Å²) < 4.78 is 0. The van der Waals surface area contributed by atoms with Crippen molar-refractivity contribution in [2.45, 2.75) is 0 Å². The lowest BCUT2D eigenvalue weighted by molar-refractivity contribution is 0.0890. The Balaban J connectivity index is 2.33. The van der Waals surface area contributed by atoms with Crippen LogP contribution in [-0.2, 0) is 4.84 Å². The van der Waals surface area contributed by atoms with Gasteiger partial charge in [-0.3, -0.25) is 5.41 Å². The molecule has 0 bridgehead atoms. The fraction of sp³-hybridized carbons (Fsp3) is 0.357. The van der Waals surface area contributed by atoms with Crippen molar-refractivity contribution in [3.63, 3.8) is 0 Å². The van der Waals surface area contributed by atoms with Gasteiger partial charge in [0, 0.05) is 32.4 Å². The second-order valence-electron chi connectivity index (χ2n) is 4.61. The van der Waals surface area contributed by atoms with Crippen LogP contribution in [0, 0.1) is 5.41 Å². The second kappa shape index (κ2) is 8.11. The third kappa shape index (κ3) is 3.80. The molecule has 8 heteroatoms. The van der Waals surface area contributed by atoms with Crippen molar-refractivity contribution in [2.75, 3.05) is 38.5 Å². The molecule has 1 aromatic heterocycles. The molecule has 0 saturated carbocycles. The minimum Gasteiger partial charge on any atom is -0.390 e. The quantitative estimate of drug-likeness (QED) is 0.229. The minimum atomic E-state index is 0.275. The maximum absolute atomic E-state index is 7.75. The summed E-state index contributed by atoms with van der Waals surface area (Å²) >= 11 is 0. The average molecular weight is 303 g/mol. The number of hydrazine groups is 1. The van der Waals surface area contributed by atoms with E-state index >= 15 is 0 Å². The fourth-order valence-corrected chi connectivity index (χ4v) is 2.12. The first-order valence-corrected chi connectivity index (χ1v) is 7.05. The van der Waals surface area contributed by atoms with Crippen LogP contribution in [0.1, 0.15) is 5.56 Å². The number of pyridine rings is 1. The second-order valence-corrected chi connectivity index (χ2v) is 4.61. The zero-order chi connectivity index (χ0) is 15.8. The molecule has 0 atom stereocenters. The molecule has 22 heavy (non-hydrogen) atoms. The predicted molar refractivity (Wildman–Crippen MR) is 86.4 cm³/mol. The van der Waals surface area contributed by atoms with Crippen LogP contribution in [0.25, 0.3) is 0 Å². The number of rotatable bonds is 6. The Labute approximate surface area is 129 Å². The Bertz CT molecular complexity index is 540. The van der Waals surface area contributed by atoms with Crippen LogP contribution < -0.4 is 11.1 Å². The summed E-state index contributed by atoms with van der Waals surface area (Å²) in [5.41, 5.74) is 6.57. The lowest BCUT2D eigenvalue weighted by atomic mass is 10.2. The normalized spacial score (nSPS) is 16.1. The van der Waals surface area contributed by atoms with Gasteiger partial charge in [0.1, 0.15) is 18.8 Å². The Morgan fingerprint density at radius 2 is 2.36 bits per heavy atom. The van der Waals surface area contributed by atoms with Crippen LogP contribution in [0.2, 0.25) is 0 Å². The van der Waals surface area contributed by atoms with Gasteiger partial charge in [0.15, 0.2) is 5.84 Å². The zero-order valence-corrected chi connectivity index (χ0v) is 12.4. The molecule has 0 aromatic carbocycles. The molecular weight excluding hydrogens is 282 g/mol. The molecule has 0 amide bonds. The minimum absolute atomic E-state index is 0.275. The number of aromatic nitrogens is 1. The lowest BCUT2D eigenvalue weighted by Gasteiger charge is -2.36. The van der Waals surface area contributed by atoms with Gasteiger partial charge in [-0.2, -0.15) is 0 Å². The van der Waals surface area contributed by atoms with Gasteiger partial charge in [0.2, 0.25) is 0 Å². The van der Waals surface area contributed by atoms with Crippen LogP contribution in [0.15, 0.2) is 36.1 Å². The SMILES string of the molecule is C=CCON=C(c1cccnc1N)N(C=N)N1CCNCC1. The van der Waals surface area contributed by atoms with E-state index < -0.39 is 0 Å². The van der Waals surface area contributed by atoms with Crippen LogP contribution in [0.4, 0.5) is 5.82 Å². The molecule has 0 unspecified atom stereocenters. The van der Waals surface area contributed by atoms with Crippen molar-refractivity contribution in [3.8, 4) is 0 Å². The smallest absolute Gasteiger partial charge is 0.199 e. The van der Waals surface area contributed by atoms with Gasteiger partial charge in [-0.05, 0) is 12.1 Å². The molecule has 4 N–H and O–H groups in total. The van der Waals surface area contributed by atoms with Crippen molar-refractivity contribution >= 4 is 18.0 Å². The van der Waals surface area contributed by atoms with E-state index in [0.717, 1.165) is 26.2 Å². The lowest BCUT2D eigenvalue weighted by Crippen LogP contribution is -2.54. The van der Waals surface area contributed by atoms with E-state index in [9.17, 15) is 0 Å². The van der Waals surface area contributed by atoms with E-state index in [-0.39, 0.29) is 6.61 Å². The third-order valence-corrected chi connectivity index (χ3v) is 3.16. The first-order valence-electron chi connectivity index (χ1n) is 7.05. The molecule has 2 heterocycles. The summed E-state index contributed by atoms with van der Waals surface area (Å²) in [5, 5.41) is 18.8. The molecule has 1 aliphatic rings. The number of nitrogens with one attached hydrogen (secondary N) is 2. The molecule has 1 aromatic rings. The van der Waals surface area contributed by atoms with Crippen molar-refractivity contribution in [1.82, 2.24) is 20.3 Å². The third-order valence-electron chi connectivity index (χ3n) is 3.16. The van der Waals surface area contributed by atoms with Crippen LogP contribution in [0.5, 0.6) is 0 Å². The molecular formula is C14H21N7O. The fourth-order valence-electron chi connectivity index (χ4n) is 2.12. The van der Waals surface area contributed by atoms with Gasteiger partial charge in [0.05, 0.1) is 5.56 Å². The topological polar surface area (TPSA) is 103 Å². The maximum Gasteiger partial charge on any atom is 0.199 e. The molecule has 8 nitrogen and oxygen atoms in total. The highest BCUT2D eigenvalue weighted by Gasteiger charge is 2.23. The first-order chi connectivity index (χ1) is 10.8. The van der Waals surface area contributed by atoms with Crippen molar-refractivity contribution in [3.05, 3.63) is 36.5 Å². The number of nitrogens with zero attached hydrogens (tertiary/aromatic N) is 4. The monoisotopic (exact) mass is 303 g/mol. The summed E-state index contributed by atoms with van der Waals surface area (Å²) in [6.07, 6.45) is 4.42. The Kier molecular flexibility index (Phi) is 5.87. The van der Waals surface area contributed by atoms with Crippen LogP contribution in [-0.4, -0.2) is 60.0 Å². The maximum atomic E-state index is 7.75. The Morgan fingerprint density at radius 1 is 1.59 bits per heavy atom. The molecule has 1 saturated heterocycles. The molecule has 0 radical (unpaired) electrons. The number of anilines is 1. The van der Waals surface area contributed by atoms with Gasteiger partial charge >= 0.3 is 0 Å². The van der Waals surface area contributed by atoms with E-state index in [0.29, 0.717) is 17.2 Å². The molecule has 118 valence electrons. The summed E-state index contributed by atoms with van der Waals surface area (Å²) in [6.45, 7) is 7.07. The highest BCUT2D eigenvalue weighted by atomic mass is 16.6.